The molecule has 1 N–H and O–H groups in total. The van der Waals surface area contributed by atoms with E-state index in [-0.39, 0.29) is 30.0 Å². The van der Waals surface area contributed by atoms with Crippen molar-refractivity contribution in [2.75, 3.05) is 6.54 Å². The van der Waals surface area contributed by atoms with Gasteiger partial charge in [0.2, 0.25) is 5.90 Å². The highest BCUT2D eigenvalue weighted by molar-refractivity contribution is 7.16. The predicted octanol–water partition coefficient (Wildman–Crippen LogP) is 5.75. The highest BCUT2D eigenvalue weighted by Crippen LogP contribution is 2.21. The Hall–Kier alpha value is -2.58. The molecule has 1 aromatic heterocycles. The molecule has 7 nitrogen and oxygen atoms in total. The van der Waals surface area contributed by atoms with E-state index in [1.807, 2.05) is 26.0 Å². The van der Waals surface area contributed by atoms with Crippen LogP contribution in [-0.4, -0.2) is 36.6 Å². The van der Waals surface area contributed by atoms with E-state index in [9.17, 15) is 9.59 Å². The van der Waals surface area contributed by atoms with Crippen molar-refractivity contribution in [3.05, 3.63) is 44.9 Å². The van der Waals surface area contributed by atoms with Crippen molar-refractivity contribution in [2.45, 2.75) is 60.3 Å². The van der Waals surface area contributed by atoms with Crippen LogP contribution in [0.2, 0.25) is 4.34 Å². The molecule has 0 spiro atoms. The molecule has 1 rings (SSSR count). The number of halogens is 1. The van der Waals surface area contributed by atoms with Gasteiger partial charge in [-0.25, -0.2) is 9.98 Å². The van der Waals surface area contributed by atoms with E-state index < -0.39 is 0 Å². The zero-order chi connectivity index (χ0) is 24.8. The van der Waals surface area contributed by atoms with Crippen LogP contribution in [0, 0.1) is 5.92 Å². The molecule has 0 aromatic carbocycles. The van der Waals surface area contributed by atoms with Crippen LogP contribution in [0.3, 0.4) is 0 Å². The summed E-state index contributed by atoms with van der Waals surface area (Å²) in [5, 5.41) is 4.23. The molecular formula is C24H33ClN4O3S. The highest BCUT2D eigenvalue weighted by atomic mass is 35.5. The summed E-state index contributed by atoms with van der Waals surface area (Å²) >= 11 is 7.47. The van der Waals surface area contributed by atoms with Crippen LogP contribution in [0.25, 0.3) is 0 Å². The smallest absolute Gasteiger partial charge is 0.312 e. The van der Waals surface area contributed by atoms with Crippen molar-refractivity contribution in [2.24, 2.45) is 21.0 Å². The highest BCUT2D eigenvalue weighted by Gasteiger charge is 2.09. The molecule has 33 heavy (non-hydrogen) atoms. The molecule has 0 amide bonds. The van der Waals surface area contributed by atoms with Gasteiger partial charge in [0.25, 0.3) is 0 Å². The van der Waals surface area contributed by atoms with E-state index >= 15 is 0 Å². The van der Waals surface area contributed by atoms with Crippen molar-refractivity contribution < 1.29 is 14.3 Å². The van der Waals surface area contributed by atoms with Crippen LogP contribution in [0.5, 0.6) is 0 Å². The van der Waals surface area contributed by atoms with Crippen LogP contribution in [0.1, 0.15) is 58.8 Å². The first kappa shape index (κ1) is 28.5. The lowest BCUT2D eigenvalue weighted by Gasteiger charge is -2.08. The van der Waals surface area contributed by atoms with Gasteiger partial charge in [-0.15, -0.1) is 16.4 Å². The maximum Gasteiger partial charge on any atom is 0.312 e. The van der Waals surface area contributed by atoms with Gasteiger partial charge in [-0.1, -0.05) is 39.0 Å². The number of carbonyl (C=O) groups is 2. The maximum atomic E-state index is 11.8. The van der Waals surface area contributed by atoms with Crippen LogP contribution in [-0.2, 0) is 20.7 Å². The van der Waals surface area contributed by atoms with E-state index in [2.05, 4.69) is 27.1 Å². The number of hydrogen-bond donors (Lipinski definition) is 1. The Labute approximate surface area is 205 Å². The van der Waals surface area contributed by atoms with Gasteiger partial charge in [0.05, 0.1) is 4.34 Å². The lowest BCUT2D eigenvalue weighted by atomic mass is 10.2. The number of nitrogens with one attached hydrogen (secondary N) is 1. The Morgan fingerprint density at radius 1 is 1.24 bits per heavy atom. The number of ketones is 1. The zero-order valence-corrected chi connectivity index (χ0v) is 21.6. The number of Topliss-reactive ketones (excluding diaryl/α,β-unsaturated/α-hetero) is 1. The minimum atomic E-state index is -0.356. The summed E-state index contributed by atoms with van der Waals surface area (Å²) in [5.41, 5.74) is 4.12. The first-order valence-electron chi connectivity index (χ1n) is 10.8. The molecule has 1 heterocycles. The number of nitrogens with zero attached hydrogens (tertiary/aromatic N) is 3. The molecule has 0 aliphatic rings. The van der Waals surface area contributed by atoms with Gasteiger partial charge in [0.15, 0.2) is 11.6 Å². The Bertz CT molecular complexity index is 945. The largest absolute Gasteiger partial charge is 0.410 e. The number of carbonyl (C=O) groups excluding carboxylic acids is 2. The van der Waals surface area contributed by atoms with Crippen LogP contribution in [0.15, 0.2) is 50.8 Å². The number of rotatable bonds is 13. The first-order valence-corrected chi connectivity index (χ1v) is 12.0. The molecular weight excluding hydrogens is 460 g/mol. The molecule has 0 atom stereocenters. The number of ether oxygens (including phenoxy) is 1. The van der Waals surface area contributed by atoms with Gasteiger partial charge in [-0.3, -0.25) is 9.59 Å². The molecule has 0 fully saturated rings. The second-order valence-corrected chi connectivity index (χ2v) is 9.44. The van der Waals surface area contributed by atoms with Crippen LogP contribution >= 0.6 is 22.9 Å². The minimum Gasteiger partial charge on any atom is -0.410 e. The van der Waals surface area contributed by atoms with Crippen molar-refractivity contribution >= 4 is 53.0 Å². The zero-order valence-electron chi connectivity index (χ0n) is 20.0. The molecule has 0 bridgehead atoms. The van der Waals surface area contributed by atoms with Gasteiger partial charge < -0.3 is 10.2 Å². The number of thiophene rings is 1. The monoisotopic (exact) mass is 492 g/mol. The second kappa shape index (κ2) is 15.3. The van der Waals surface area contributed by atoms with E-state index in [1.54, 1.807) is 26.3 Å². The van der Waals surface area contributed by atoms with Gasteiger partial charge in [0.1, 0.15) is 0 Å². The van der Waals surface area contributed by atoms with Crippen molar-refractivity contribution in [3.8, 4) is 0 Å². The Morgan fingerprint density at radius 3 is 2.55 bits per heavy atom. The molecule has 0 radical (unpaired) electrons. The fourth-order valence-electron chi connectivity index (χ4n) is 2.23. The maximum absolute atomic E-state index is 11.8. The molecule has 180 valence electrons. The summed E-state index contributed by atoms with van der Waals surface area (Å²) in [7, 11) is 0. The van der Waals surface area contributed by atoms with E-state index in [0.29, 0.717) is 36.4 Å². The molecule has 0 unspecified atom stereocenters. The summed E-state index contributed by atoms with van der Waals surface area (Å²) in [5.74, 6) is 0.429. The SMILES string of the molecule is C=C(\C=N/C(/N=C\C(C)C)=C(/C)C(C)=O)CC/C(=N/NCCc1ccc(Cl)s1)OC(=O)CC. The summed E-state index contributed by atoms with van der Waals surface area (Å²) in [6, 6.07) is 3.83. The molecule has 9 heteroatoms. The normalized spacial score (nSPS) is 13.0. The summed E-state index contributed by atoms with van der Waals surface area (Å²) < 4.78 is 6.08. The quantitative estimate of drug-likeness (QED) is 0.0946. The molecule has 0 saturated heterocycles. The lowest BCUT2D eigenvalue weighted by molar-refractivity contribution is -0.135. The predicted molar refractivity (Wildman–Crippen MR) is 138 cm³/mol. The third kappa shape index (κ3) is 12.3. The Balaban J connectivity index is 2.75. The van der Waals surface area contributed by atoms with Crippen molar-refractivity contribution in [1.82, 2.24) is 5.43 Å². The Kier molecular flexibility index (Phi) is 13.2. The summed E-state index contributed by atoms with van der Waals surface area (Å²) in [6.45, 7) is 13.5. The number of esters is 1. The molecule has 0 saturated carbocycles. The third-order valence-corrected chi connectivity index (χ3v) is 5.51. The molecule has 0 aliphatic heterocycles. The minimum absolute atomic E-state index is 0.0922. The van der Waals surface area contributed by atoms with Crippen LogP contribution < -0.4 is 5.43 Å². The topological polar surface area (TPSA) is 92.5 Å². The number of hydrogen-bond acceptors (Lipinski definition) is 8. The van der Waals surface area contributed by atoms with Gasteiger partial charge in [-0.05, 0) is 43.9 Å². The van der Waals surface area contributed by atoms with Crippen molar-refractivity contribution in [1.29, 1.82) is 0 Å². The van der Waals surface area contributed by atoms with Gasteiger partial charge in [0, 0.05) is 48.7 Å². The van der Waals surface area contributed by atoms with Gasteiger partial charge >= 0.3 is 5.97 Å². The average Bonchev–Trinajstić information content (AvgIpc) is 3.18. The van der Waals surface area contributed by atoms with Crippen molar-refractivity contribution in [3.63, 3.8) is 0 Å². The van der Waals surface area contributed by atoms with E-state index in [1.165, 1.54) is 18.3 Å². The van der Waals surface area contributed by atoms with E-state index in [0.717, 1.165) is 15.6 Å². The summed E-state index contributed by atoms with van der Waals surface area (Å²) in [6.07, 6.45) is 5.17. The van der Waals surface area contributed by atoms with E-state index in [4.69, 9.17) is 16.3 Å². The fourth-order valence-corrected chi connectivity index (χ4v) is 3.32. The lowest BCUT2D eigenvalue weighted by Crippen LogP contribution is -2.18. The second-order valence-electron chi connectivity index (χ2n) is 7.64. The summed E-state index contributed by atoms with van der Waals surface area (Å²) in [4.78, 5) is 33.3. The number of allylic oxidation sites excluding steroid dienone is 2. The first-order chi connectivity index (χ1) is 15.6. The number of hydrazone groups is 1. The van der Waals surface area contributed by atoms with Gasteiger partial charge in [-0.2, -0.15) is 0 Å². The fraction of sp³-hybridized carbons (Fsp3) is 0.458. The standard InChI is InChI=1S/C24H33ClN4O3S/c1-7-23(31)32-22(29-28-13-12-20-9-10-21(25)33-20)11-8-17(4)15-27-24(18(5)19(6)30)26-14-16(2)3/h9-10,14-16,28H,4,7-8,11-13H2,1-3,5-6H3/b24-18-,26-14-,27-15-,29-22-. The number of aliphatic imine (C=N–C) groups is 2. The average molecular weight is 493 g/mol. The molecule has 1 aromatic rings. The third-order valence-electron chi connectivity index (χ3n) is 4.22. The molecule has 0 aliphatic carbocycles. The van der Waals surface area contributed by atoms with Crippen LogP contribution in [0.4, 0.5) is 0 Å². The Morgan fingerprint density at radius 2 is 1.97 bits per heavy atom.